The highest BCUT2D eigenvalue weighted by Gasteiger charge is 2.08. The average Bonchev–Trinajstić information content (AvgIpc) is 2.53. The normalized spacial score (nSPS) is 11.1. The second-order valence-corrected chi connectivity index (χ2v) is 5.16. The molecule has 3 rings (SSSR count). The first-order valence-electron chi connectivity index (χ1n) is 6.67. The van der Waals surface area contributed by atoms with Crippen molar-refractivity contribution in [3.05, 3.63) is 71.5 Å². The summed E-state index contributed by atoms with van der Waals surface area (Å²) < 4.78 is 7.46. The van der Waals surface area contributed by atoms with Gasteiger partial charge in [0.25, 0.3) is 0 Å². The lowest BCUT2D eigenvalue weighted by molar-refractivity contribution is -0.566. The van der Waals surface area contributed by atoms with Crippen molar-refractivity contribution in [1.82, 2.24) is 0 Å². The zero-order chi connectivity index (χ0) is 14.7. The van der Waals surface area contributed by atoms with Crippen LogP contribution in [0.2, 0.25) is 5.02 Å². The van der Waals surface area contributed by atoms with Gasteiger partial charge < -0.3 is 4.74 Å². The molecule has 0 saturated heterocycles. The van der Waals surface area contributed by atoms with Crippen LogP contribution in [-0.2, 0) is 0 Å². The van der Waals surface area contributed by atoms with Crippen LogP contribution >= 0.6 is 11.6 Å². The van der Waals surface area contributed by atoms with Crippen LogP contribution in [0.5, 0.6) is 5.75 Å². The van der Waals surface area contributed by atoms with Crippen molar-refractivity contribution in [2.24, 2.45) is 0 Å². The zero-order valence-corrected chi connectivity index (χ0v) is 12.4. The molecule has 0 unspecified atom stereocenters. The molecule has 2 nitrogen and oxygen atoms in total. The van der Waals surface area contributed by atoms with E-state index >= 15 is 0 Å². The molecule has 21 heavy (non-hydrogen) atoms. The lowest BCUT2D eigenvalue weighted by Crippen LogP contribution is -2.24. The Morgan fingerprint density at radius 3 is 2.52 bits per heavy atom. The molecule has 0 bridgehead atoms. The topological polar surface area (TPSA) is 13.1 Å². The Balaban J connectivity index is 1.98. The van der Waals surface area contributed by atoms with Gasteiger partial charge in [0.2, 0.25) is 6.20 Å². The molecule has 0 N–H and O–H groups in total. The number of benzene rings is 2. The standard InChI is InChI=1S/C18H15ClNO/c1-21-18-13-20(12-15-4-2-3-5-17(15)18)11-10-14-6-8-16(19)9-7-14/h2-13H,1H3/q+1. The molecule has 0 aliphatic carbocycles. The van der Waals surface area contributed by atoms with E-state index in [1.165, 1.54) is 0 Å². The summed E-state index contributed by atoms with van der Waals surface area (Å²) in [6.45, 7) is 0. The van der Waals surface area contributed by atoms with Crippen molar-refractivity contribution < 1.29 is 9.30 Å². The molecule has 0 aliphatic heterocycles. The molecule has 0 saturated carbocycles. The van der Waals surface area contributed by atoms with Crippen LogP contribution in [-0.4, -0.2) is 7.11 Å². The minimum atomic E-state index is 0.743. The van der Waals surface area contributed by atoms with Crippen LogP contribution in [0, 0.1) is 0 Å². The molecule has 0 amide bonds. The van der Waals surface area contributed by atoms with Gasteiger partial charge in [-0.1, -0.05) is 41.9 Å². The first-order chi connectivity index (χ1) is 10.3. The third-order valence-electron chi connectivity index (χ3n) is 3.31. The molecular formula is C18H15ClNO+. The number of fused-ring (bicyclic) bond motifs is 1. The highest BCUT2D eigenvalue weighted by Crippen LogP contribution is 2.22. The van der Waals surface area contributed by atoms with Gasteiger partial charge in [-0.3, -0.25) is 0 Å². The van der Waals surface area contributed by atoms with Crippen LogP contribution < -0.4 is 9.30 Å². The van der Waals surface area contributed by atoms with Gasteiger partial charge in [-0.25, -0.2) is 0 Å². The summed E-state index contributed by atoms with van der Waals surface area (Å²) in [7, 11) is 1.69. The number of pyridine rings is 1. The van der Waals surface area contributed by atoms with E-state index in [4.69, 9.17) is 16.3 Å². The second kappa shape index (κ2) is 5.98. The van der Waals surface area contributed by atoms with Crippen LogP contribution in [0.1, 0.15) is 5.56 Å². The number of nitrogens with zero attached hydrogens (tertiary/aromatic N) is 1. The number of hydrogen-bond acceptors (Lipinski definition) is 1. The second-order valence-electron chi connectivity index (χ2n) is 4.73. The van der Waals surface area contributed by atoms with E-state index in [1.54, 1.807) is 7.11 Å². The first kappa shape index (κ1) is 13.7. The summed E-state index contributed by atoms with van der Waals surface area (Å²) in [5.74, 6) is 0.855. The number of hydrogen-bond donors (Lipinski definition) is 0. The number of aromatic nitrogens is 1. The Morgan fingerprint density at radius 1 is 1.00 bits per heavy atom. The van der Waals surface area contributed by atoms with Gasteiger partial charge in [0.15, 0.2) is 18.1 Å². The lowest BCUT2D eigenvalue weighted by atomic mass is 10.1. The molecule has 0 atom stereocenters. The quantitative estimate of drug-likeness (QED) is 0.652. The van der Waals surface area contributed by atoms with Gasteiger partial charge in [0, 0.05) is 21.9 Å². The van der Waals surface area contributed by atoms with E-state index < -0.39 is 0 Å². The average molecular weight is 297 g/mol. The summed E-state index contributed by atoms with van der Waals surface area (Å²) in [4.78, 5) is 0. The van der Waals surface area contributed by atoms with Gasteiger partial charge in [-0.05, 0) is 23.8 Å². The Kier molecular flexibility index (Phi) is 3.89. The molecular weight excluding hydrogens is 282 g/mol. The van der Waals surface area contributed by atoms with E-state index in [0.29, 0.717) is 0 Å². The van der Waals surface area contributed by atoms with E-state index in [2.05, 4.69) is 18.3 Å². The fraction of sp³-hybridized carbons (Fsp3) is 0.0556. The summed E-state index contributed by atoms with van der Waals surface area (Å²) in [6, 6.07) is 15.9. The third-order valence-corrected chi connectivity index (χ3v) is 3.56. The molecule has 0 radical (unpaired) electrons. The molecule has 104 valence electrons. The molecule has 1 heterocycles. The van der Waals surface area contributed by atoms with Crippen LogP contribution in [0.3, 0.4) is 0 Å². The highest BCUT2D eigenvalue weighted by atomic mass is 35.5. The van der Waals surface area contributed by atoms with Gasteiger partial charge in [-0.2, -0.15) is 4.57 Å². The van der Waals surface area contributed by atoms with Crippen LogP contribution in [0.15, 0.2) is 60.9 Å². The van der Waals surface area contributed by atoms with Gasteiger partial charge in [-0.15, -0.1) is 0 Å². The van der Waals surface area contributed by atoms with Crippen molar-refractivity contribution in [2.45, 2.75) is 0 Å². The molecule has 2 aromatic carbocycles. The fourth-order valence-corrected chi connectivity index (χ4v) is 2.36. The number of halogens is 1. The summed E-state index contributed by atoms with van der Waals surface area (Å²) in [5, 5.41) is 2.99. The molecule has 0 aliphatic rings. The van der Waals surface area contributed by atoms with E-state index in [1.807, 2.05) is 59.4 Å². The Bertz CT molecular complexity index is 794. The van der Waals surface area contributed by atoms with Crippen molar-refractivity contribution >= 4 is 34.6 Å². The Labute approximate surface area is 128 Å². The van der Waals surface area contributed by atoms with Gasteiger partial charge in [0.05, 0.1) is 7.11 Å². The SMILES string of the molecule is COc1c[n+](C=Cc2ccc(Cl)cc2)cc2ccccc12. The van der Waals surface area contributed by atoms with E-state index in [-0.39, 0.29) is 0 Å². The van der Waals surface area contributed by atoms with Gasteiger partial charge >= 0.3 is 0 Å². The minimum absolute atomic E-state index is 0.743. The van der Waals surface area contributed by atoms with Gasteiger partial charge in [0.1, 0.15) is 0 Å². The zero-order valence-electron chi connectivity index (χ0n) is 11.7. The van der Waals surface area contributed by atoms with E-state index in [0.717, 1.165) is 27.1 Å². The summed E-state index contributed by atoms with van der Waals surface area (Å²) in [5.41, 5.74) is 1.10. The predicted octanol–water partition coefficient (Wildman–Crippen LogP) is 4.42. The van der Waals surface area contributed by atoms with Crippen molar-refractivity contribution in [2.75, 3.05) is 7.11 Å². The van der Waals surface area contributed by atoms with Crippen molar-refractivity contribution in [3.8, 4) is 5.75 Å². The third kappa shape index (κ3) is 3.06. The van der Waals surface area contributed by atoms with Crippen LogP contribution in [0.4, 0.5) is 0 Å². The molecule has 0 fully saturated rings. The molecule has 0 spiro atoms. The maximum Gasteiger partial charge on any atom is 0.217 e. The predicted molar refractivity (Wildman–Crippen MR) is 87.4 cm³/mol. The smallest absolute Gasteiger partial charge is 0.217 e. The number of ether oxygens (including phenoxy) is 1. The van der Waals surface area contributed by atoms with Crippen molar-refractivity contribution in [3.63, 3.8) is 0 Å². The molecule has 1 aromatic heterocycles. The maximum absolute atomic E-state index is 5.89. The van der Waals surface area contributed by atoms with Crippen molar-refractivity contribution in [1.29, 1.82) is 0 Å². The van der Waals surface area contributed by atoms with E-state index in [9.17, 15) is 0 Å². The molecule has 3 aromatic rings. The van der Waals surface area contributed by atoms with Crippen LogP contribution in [0.25, 0.3) is 23.0 Å². The monoisotopic (exact) mass is 296 g/mol. The Hall–Kier alpha value is -2.32. The first-order valence-corrected chi connectivity index (χ1v) is 7.05. The largest absolute Gasteiger partial charge is 0.490 e. The number of methoxy groups -OCH3 is 1. The number of rotatable bonds is 3. The minimum Gasteiger partial charge on any atom is -0.490 e. The summed E-state index contributed by atoms with van der Waals surface area (Å²) in [6.07, 6.45) is 8.07. The fourth-order valence-electron chi connectivity index (χ4n) is 2.23. The maximum atomic E-state index is 5.89. The summed E-state index contributed by atoms with van der Waals surface area (Å²) >= 11 is 5.89. The molecule has 3 heteroatoms. The lowest BCUT2D eigenvalue weighted by Gasteiger charge is -2.02. The Morgan fingerprint density at radius 2 is 1.76 bits per heavy atom. The highest BCUT2D eigenvalue weighted by molar-refractivity contribution is 6.30.